The Morgan fingerprint density at radius 2 is 2.29 bits per heavy atom. The summed E-state index contributed by atoms with van der Waals surface area (Å²) in [6, 6.07) is 1.71. The molecule has 0 saturated carbocycles. The van der Waals surface area contributed by atoms with E-state index < -0.39 is 10.0 Å². The minimum atomic E-state index is -3.51. The van der Waals surface area contributed by atoms with Crippen LogP contribution in [-0.4, -0.2) is 37.5 Å². The SMILES string of the molecule is CCCNc1ccncc1S(=O)(=O)NCC1CCCCS1. The first kappa shape index (κ1) is 16.6. The lowest BCUT2D eigenvalue weighted by molar-refractivity contribution is 0.573. The molecule has 1 aromatic rings. The minimum absolute atomic E-state index is 0.235. The number of nitrogens with zero attached hydrogens (tertiary/aromatic N) is 1. The normalized spacial score (nSPS) is 19.4. The van der Waals surface area contributed by atoms with Crippen LogP contribution in [0.3, 0.4) is 0 Å². The largest absolute Gasteiger partial charge is 0.384 e. The molecule has 0 aliphatic carbocycles. The summed E-state index contributed by atoms with van der Waals surface area (Å²) in [7, 11) is -3.51. The Kier molecular flexibility index (Phi) is 6.32. The number of hydrogen-bond acceptors (Lipinski definition) is 5. The van der Waals surface area contributed by atoms with Gasteiger partial charge in [0.05, 0.1) is 5.69 Å². The van der Waals surface area contributed by atoms with Crippen molar-refractivity contribution in [3.63, 3.8) is 0 Å². The molecule has 1 atom stereocenters. The van der Waals surface area contributed by atoms with Gasteiger partial charge in [-0.25, -0.2) is 13.1 Å². The molecule has 0 bridgehead atoms. The number of anilines is 1. The minimum Gasteiger partial charge on any atom is -0.384 e. The first-order chi connectivity index (χ1) is 10.1. The average molecular weight is 329 g/mol. The summed E-state index contributed by atoms with van der Waals surface area (Å²) < 4.78 is 27.7. The van der Waals surface area contributed by atoms with Gasteiger partial charge in [0.25, 0.3) is 0 Å². The van der Waals surface area contributed by atoms with Gasteiger partial charge in [-0.1, -0.05) is 13.3 Å². The molecule has 1 aliphatic rings. The quantitative estimate of drug-likeness (QED) is 0.804. The Labute approximate surface area is 131 Å². The summed E-state index contributed by atoms with van der Waals surface area (Å²) in [5, 5.41) is 3.53. The fraction of sp³-hybridized carbons (Fsp3) is 0.643. The van der Waals surface area contributed by atoms with Gasteiger partial charge in [0.15, 0.2) is 0 Å². The smallest absolute Gasteiger partial charge is 0.244 e. The van der Waals surface area contributed by atoms with Crippen molar-refractivity contribution in [2.75, 3.05) is 24.2 Å². The van der Waals surface area contributed by atoms with Gasteiger partial charge in [0.2, 0.25) is 10.0 Å². The molecule has 2 heterocycles. The van der Waals surface area contributed by atoms with E-state index in [1.807, 2.05) is 18.7 Å². The van der Waals surface area contributed by atoms with Crippen molar-refractivity contribution in [2.24, 2.45) is 0 Å². The van der Waals surface area contributed by atoms with E-state index in [2.05, 4.69) is 15.0 Å². The number of rotatable bonds is 7. The zero-order valence-electron chi connectivity index (χ0n) is 12.3. The van der Waals surface area contributed by atoms with Crippen LogP contribution in [0.25, 0.3) is 0 Å². The lowest BCUT2D eigenvalue weighted by Crippen LogP contribution is -2.32. The van der Waals surface area contributed by atoms with E-state index in [-0.39, 0.29) is 4.90 Å². The number of pyridine rings is 1. The van der Waals surface area contributed by atoms with Gasteiger partial charge in [0.1, 0.15) is 4.90 Å². The van der Waals surface area contributed by atoms with E-state index in [9.17, 15) is 8.42 Å². The van der Waals surface area contributed by atoms with Crippen LogP contribution in [0.1, 0.15) is 32.6 Å². The van der Waals surface area contributed by atoms with Crippen molar-refractivity contribution in [1.29, 1.82) is 0 Å². The monoisotopic (exact) mass is 329 g/mol. The summed E-state index contributed by atoms with van der Waals surface area (Å²) in [6.07, 6.45) is 7.47. The molecule has 1 aromatic heterocycles. The molecule has 7 heteroatoms. The highest BCUT2D eigenvalue weighted by Gasteiger charge is 2.21. The first-order valence-corrected chi connectivity index (χ1v) is 9.96. The fourth-order valence-electron chi connectivity index (χ4n) is 2.25. The predicted molar refractivity (Wildman–Crippen MR) is 88.3 cm³/mol. The molecule has 2 N–H and O–H groups in total. The van der Waals surface area contributed by atoms with Crippen molar-refractivity contribution >= 4 is 27.5 Å². The Morgan fingerprint density at radius 3 is 3.00 bits per heavy atom. The maximum absolute atomic E-state index is 12.5. The van der Waals surface area contributed by atoms with Crippen LogP contribution in [0.4, 0.5) is 5.69 Å². The second-order valence-electron chi connectivity index (χ2n) is 5.14. The third-order valence-corrected chi connectivity index (χ3v) is 6.26. The van der Waals surface area contributed by atoms with Gasteiger partial charge in [-0.2, -0.15) is 11.8 Å². The van der Waals surface area contributed by atoms with Crippen molar-refractivity contribution in [3.8, 4) is 0 Å². The Balaban J connectivity index is 2.04. The fourth-order valence-corrected chi connectivity index (χ4v) is 4.80. The highest BCUT2D eigenvalue weighted by atomic mass is 32.2. The lowest BCUT2D eigenvalue weighted by atomic mass is 10.2. The molecule has 21 heavy (non-hydrogen) atoms. The highest BCUT2D eigenvalue weighted by Crippen LogP contribution is 2.25. The van der Waals surface area contributed by atoms with Gasteiger partial charge in [-0.05, 0) is 31.1 Å². The van der Waals surface area contributed by atoms with Crippen molar-refractivity contribution in [1.82, 2.24) is 9.71 Å². The van der Waals surface area contributed by atoms with Crippen molar-refractivity contribution in [2.45, 2.75) is 42.8 Å². The Morgan fingerprint density at radius 1 is 1.43 bits per heavy atom. The van der Waals surface area contributed by atoms with Gasteiger partial charge < -0.3 is 5.32 Å². The molecule has 0 aromatic carbocycles. The molecule has 118 valence electrons. The molecule has 1 unspecified atom stereocenters. The number of sulfonamides is 1. The maximum atomic E-state index is 12.5. The molecule has 0 radical (unpaired) electrons. The average Bonchev–Trinajstić information content (AvgIpc) is 2.52. The van der Waals surface area contributed by atoms with E-state index in [0.717, 1.165) is 25.1 Å². The first-order valence-electron chi connectivity index (χ1n) is 7.42. The molecule has 1 fully saturated rings. The standard InChI is InChI=1S/C14H23N3O2S2/c1-2-7-16-13-6-8-15-11-14(13)21(18,19)17-10-12-5-3-4-9-20-12/h6,8,11-12,17H,2-5,7,9-10H2,1H3,(H,15,16). The Hall–Kier alpha value is -0.790. The van der Waals surface area contributed by atoms with Gasteiger partial charge in [-0.15, -0.1) is 0 Å². The van der Waals surface area contributed by atoms with Gasteiger partial charge in [-0.3, -0.25) is 4.98 Å². The lowest BCUT2D eigenvalue weighted by Gasteiger charge is -2.21. The second-order valence-corrected chi connectivity index (χ2v) is 8.28. The maximum Gasteiger partial charge on any atom is 0.244 e. The van der Waals surface area contributed by atoms with E-state index in [0.29, 0.717) is 17.5 Å². The Bertz CT molecular complexity index is 543. The van der Waals surface area contributed by atoms with Crippen LogP contribution >= 0.6 is 11.8 Å². The second kappa shape index (κ2) is 8.00. The van der Waals surface area contributed by atoms with Crippen LogP contribution in [0.15, 0.2) is 23.4 Å². The van der Waals surface area contributed by atoms with Gasteiger partial charge in [0, 0.05) is 30.7 Å². The third-order valence-electron chi connectivity index (χ3n) is 3.41. The third kappa shape index (κ3) is 4.86. The van der Waals surface area contributed by atoms with Crippen LogP contribution in [-0.2, 0) is 10.0 Å². The molecule has 2 rings (SSSR count). The molecular formula is C14H23N3O2S2. The molecule has 0 amide bonds. The topological polar surface area (TPSA) is 71.1 Å². The van der Waals surface area contributed by atoms with Crippen molar-refractivity contribution in [3.05, 3.63) is 18.5 Å². The van der Waals surface area contributed by atoms with Gasteiger partial charge >= 0.3 is 0 Å². The molecular weight excluding hydrogens is 306 g/mol. The van der Waals surface area contributed by atoms with E-state index in [1.54, 1.807) is 12.3 Å². The summed E-state index contributed by atoms with van der Waals surface area (Å²) in [5.74, 6) is 1.13. The van der Waals surface area contributed by atoms with E-state index in [4.69, 9.17) is 0 Å². The predicted octanol–water partition coefficient (Wildman–Crippen LogP) is 2.47. The summed E-state index contributed by atoms with van der Waals surface area (Å²) in [5.41, 5.74) is 0.621. The van der Waals surface area contributed by atoms with Crippen molar-refractivity contribution < 1.29 is 8.42 Å². The zero-order valence-corrected chi connectivity index (χ0v) is 14.0. The summed E-state index contributed by atoms with van der Waals surface area (Å²) in [6.45, 7) is 3.28. The molecule has 0 spiro atoms. The van der Waals surface area contributed by atoms with Crippen LogP contribution in [0, 0.1) is 0 Å². The summed E-state index contributed by atoms with van der Waals surface area (Å²) in [4.78, 5) is 4.19. The number of thioether (sulfide) groups is 1. The van der Waals surface area contributed by atoms with E-state index >= 15 is 0 Å². The molecule has 1 aliphatic heterocycles. The number of nitrogens with one attached hydrogen (secondary N) is 2. The molecule has 1 saturated heterocycles. The van der Waals surface area contributed by atoms with E-state index in [1.165, 1.54) is 19.0 Å². The van der Waals surface area contributed by atoms with Crippen LogP contribution in [0.5, 0.6) is 0 Å². The number of hydrogen-bond donors (Lipinski definition) is 2. The highest BCUT2D eigenvalue weighted by molar-refractivity contribution is 8.00. The molecule has 5 nitrogen and oxygen atoms in total. The number of aromatic nitrogens is 1. The zero-order chi connectivity index (χ0) is 15.1. The van der Waals surface area contributed by atoms with Crippen LogP contribution in [0.2, 0.25) is 0 Å². The van der Waals surface area contributed by atoms with Crippen LogP contribution < -0.4 is 10.0 Å². The summed E-state index contributed by atoms with van der Waals surface area (Å²) >= 11 is 1.86.